The van der Waals surface area contributed by atoms with Crippen molar-refractivity contribution in [1.29, 1.82) is 0 Å². The summed E-state index contributed by atoms with van der Waals surface area (Å²) in [6.07, 6.45) is 0. The summed E-state index contributed by atoms with van der Waals surface area (Å²) < 4.78 is 5.31. The normalized spacial score (nSPS) is 10.9. The van der Waals surface area contributed by atoms with Crippen molar-refractivity contribution in [2.75, 3.05) is 14.2 Å². The van der Waals surface area contributed by atoms with Crippen LogP contribution in [0, 0.1) is 0 Å². The molecule has 5 nitrogen and oxygen atoms in total. The summed E-state index contributed by atoms with van der Waals surface area (Å²) >= 11 is 7.34. The molecule has 0 atom stereocenters. The number of carboxylic acid groups (broad SMARTS) is 1. The summed E-state index contributed by atoms with van der Waals surface area (Å²) in [5.74, 6) is -0.228. The van der Waals surface area contributed by atoms with Crippen molar-refractivity contribution in [3.05, 3.63) is 44.9 Å². The summed E-state index contributed by atoms with van der Waals surface area (Å²) in [5.41, 5.74) is 1.06. The number of thiazole rings is 1. The smallest absolute Gasteiger partial charge is 0.355 e. The molecule has 0 saturated heterocycles. The molecule has 0 unspecified atom stereocenters. The fraction of sp³-hybridized carbons (Fsp3) is 0.286. The van der Waals surface area contributed by atoms with E-state index in [9.17, 15) is 4.79 Å². The van der Waals surface area contributed by atoms with Crippen LogP contribution in [0.15, 0.2) is 23.6 Å². The molecule has 1 N–H and O–H groups in total. The first-order valence-electron chi connectivity index (χ1n) is 6.18. The molecule has 21 heavy (non-hydrogen) atoms. The van der Waals surface area contributed by atoms with Crippen LogP contribution in [0.4, 0.5) is 0 Å². The SMILES string of the molecule is COc1ccc(Cl)cc1CN(C)Cc1nc(C(=O)O)cs1. The van der Waals surface area contributed by atoms with Gasteiger partial charge in [0.25, 0.3) is 0 Å². The molecule has 0 bridgehead atoms. The van der Waals surface area contributed by atoms with E-state index in [1.165, 1.54) is 11.3 Å². The molecule has 0 saturated carbocycles. The van der Waals surface area contributed by atoms with Crippen molar-refractivity contribution >= 4 is 28.9 Å². The lowest BCUT2D eigenvalue weighted by Gasteiger charge is -2.17. The predicted molar refractivity (Wildman–Crippen MR) is 82.2 cm³/mol. The third-order valence-electron chi connectivity index (χ3n) is 2.86. The van der Waals surface area contributed by atoms with Crippen LogP contribution < -0.4 is 4.74 Å². The third kappa shape index (κ3) is 4.17. The van der Waals surface area contributed by atoms with E-state index in [1.54, 1.807) is 18.6 Å². The predicted octanol–water partition coefficient (Wildman–Crippen LogP) is 3.14. The van der Waals surface area contributed by atoms with Crippen LogP contribution in [-0.4, -0.2) is 35.1 Å². The molecule has 1 aromatic heterocycles. The zero-order valence-electron chi connectivity index (χ0n) is 11.7. The second-order valence-electron chi connectivity index (χ2n) is 4.56. The van der Waals surface area contributed by atoms with E-state index in [0.29, 0.717) is 18.1 Å². The van der Waals surface area contributed by atoms with E-state index in [2.05, 4.69) is 4.98 Å². The Morgan fingerprint density at radius 1 is 1.48 bits per heavy atom. The van der Waals surface area contributed by atoms with Gasteiger partial charge >= 0.3 is 5.97 Å². The van der Waals surface area contributed by atoms with Crippen LogP contribution in [0.25, 0.3) is 0 Å². The molecule has 0 spiro atoms. The zero-order valence-corrected chi connectivity index (χ0v) is 13.2. The van der Waals surface area contributed by atoms with Crippen molar-refractivity contribution in [3.63, 3.8) is 0 Å². The molecular weight excluding hydrogens is 312 g/mol. The van der Waals surface area contributed by atoms with E-state index in [-0.39, 0.29) is 5.69 Å². The van der Waals surface area contributed by atoms with Crippen molar-refractivity contribution in [2.24, 2.45) is 0 Å². The van der Waals surface area contributed by atoms with E-state index >= 15 is 0 Å². The van der Waals surface area contributed by atoms with Crippen molar-refractivity contribution in [1.82, 2.24) is 9.88 Å². The van der Waals surface area contributed by atoms with Crippen molar-refractivity contribution in [2.45, 2.75) is 13.1 Å². The van der Waals surface area contributed by atoms with E-state index in [4.69, 9.17) is 21.4 Å². The number of carboxylic acids is 1. The number of benzene rings is 1. The minimum Gasteiger partial charge on any atom is -0.496 e. The number of ether oxygens (including phenoxy) is 1. The number of hydrogen-bond acceptors (Lipinski definition) is 5. The zero-order chi connectivity index (χ0) is 15.4. The topological polar surface area (TPSA) is 62.7 Å². The largest absolute Gasteiger partial charge is 0.496 e. The summed E-state index contributed by atoms with van der Waals surface area (Å²) in [7, 11) is 3.55. The fourth-order valence-electron chi connectivity index (χ4n) is 1.93. The minimum atomic E-state index is -1.00. The van der Waals surface area contributed by atoms with Crippen LogP contribution in [-0.2, 0) is 13.1 Å². The molecule has 2 aromatic rings. The summed E-state index contributed by atoms with van der Waals surface area (Å²) in [6, 6.07) is 5.47. The molecule has 0 aliphatic carbocycles. The van der Waals surface area contributed by atoms with Gasteiger partial charge in [-0.2, -0.15) is 0 Å². The molecule has 7 heteroatoms. The van der Waals surface area contributed by atoms with Gasteiger partial charge in [0, 0.05) is 22.5 Å². The maximum Gasteiger partial charge on any atom is 0.355 e. The van der Waals surface area contributed by atoms with Crippen LogP contribution in [0.2, 0.25) is 5.02 Å². The van der Waals surface area contributed by atoms with Gasteiger partial charge < -0.3 is 9.84 Å². The fourth-order valence-corrected chi connectivity index (χ4v) is 2.97. The van der Waals surface area contributed by atoms with Gasteiger partial charge in [-0.1, -0.05) is 11.6 Å². The number of hydrogen-bond donors (Lipinski definition) is 1. The average molecular weight is 327 g/mol. The second kappa shape index (κ2) is 6.89. The molecule has 0 amide bonds. The molecule has 2 rings (SSSR count). The van der Waals surface area contributed by atoms with Crippen molar-refractivity contribution < 1.29 is 14.6 Å². The first kappa shape index (κ1) is 15.8. The number of halogens is 1. The number of carbonyl (C=O) groups is 1. The van der Waals surface area contributed by atoms with Gasteiger partial charge in [-0.25, -0.2) is 9.78 Å². The number of aromatic carboxylic acids is 1. The lowest BCUT2D eigenvalue weighted by molar-refractivity contribution is 0.0691. The number of aromatic nitrogens is 1. The van der Waals surface area contributed by atoms with Gasteiger partial charge in [-0.05, 0) is 25.2 Å². The average Bonchev–Trinajstić information content (AvgIpc) is 2.87. The summed E-state index contributed by atoms with van der Waals surface area (Å²) in [5, 5.41) is 11.8. The Morgan fingerprint density at radius 2 is 2.24 bits per heavy atom. The monoisotopic (exact) mass is 326 g/mol. The Kier molecular flexibility index (Phi) is 5.17. The van der Waals surface area contributed by atoms with Crippen LogP contribution in [0.1, 0.15) is 21.1 Å². The highest BCUT2D eigenvalue weighted by atomic mass is 35.5. The Hall–Kier alpha value is -1.63. The second-order valence-corrected chi connectivity index (χ2v) is 5.94. The first-order chi connectivity index (χ1) is 9.99. The standard InChI is InChI=1S/C14H15ClN2O3S/c1-17(7-13-16-11(8-21-13)14(18)19)6-9-5-10(15)3-4-12(9)20-2/h3-5,8H,6-7H2,1-2H3,(H,18,19). The van der Waals surface area contributed by atoms with Crippen molar-refractivity contribution in [3.8, 4) is 5.75 Å². The van der Waals surface area contributed by atoms with E-state index in [0.717, 1.165) is 16.3 Å². The van der Waals surface area contributed by atoms with Gasteiger partial charge in [0.05, 0.1) is 13.7 Å². The highest BCUT2D eigenvalue weighted by Gasteiger charge is 2.12. The first-order valence-corrected chi connectivity index (χ1v) is 7.44. The molecule has 0 aliphatic rings. The number of methoxy groups -OCH3 is 1. The highest BCUT2D eigenvalue weighted by molar-refractivity contribution is 7.09. The van der Waals surface area contributed by atoms with Gasteiger partial charge in [0.1, 0.15) is 10.8 Å². The van der Waals surface area contributed by atoms with Crippen LogP contribution in [0.5, 0.6) is 5.75 Å². The molecule has 0 radical (unpaired) electrons. The van der Waals surface area contributed by atoms with Crippen LogP contribution in [0.3, 0.4) is 0 Å². The molecular formula is C14H15ClN2O3S. The van der Waals surface area contributed by atoms with Gasteiger partial charge in [0.2, 0.25) is 0 Å². The number of nitrogens with zero attached hydrogens (tertiary/aromatic N) is 2. The maximum atomic E-state index is 10.8. The Bertz CT molecular complexity index is 645. The lowest BCUT2D eigenvalue weighted by atomic mass is 10.2. The maximum absolute atomic E-state index is 10.8. The van der Waals surface area contributed by atoms with Gasteiger partial charge in [-0.15, -0.1) is 11.3 Å². The van der Waals surface area contributed by atoms with Gasteiger partial charge in [-0.3, -0.25) is 4.90 Å². The number of rotatable bonds is 6. The lowest BCUT2D eigenvalue weighted by Crippen LogP contribution is -2.17. The highest BCUT2D eigenvalue weighted by Crippen LogP contribution is 2.24. The quantitative estimate of drug-likeness (QED) is 0.883. The molecule has 1 heterocycles. The molecule has 0 aliphatic heterocycles. The molecule has 1 aromatic carbocycles. The summed E-state index contributed by atoms with van der Waals surface area (Å²) in [4.78, 5) is 16.9. The third-order valence-corrected chi connectivity index (χ3v) is 3.93. The molecule has 0 fully saturated rings. The Balaban J connectivity index is 2.05. The Labute approximate surface area is 131 Å². The van der Waals surface area contributed by atoms with Crippen LogP contribution >= 0.6 is 22.9 Å². The van der Waals surface area contributed by atoms with E-state index in [1.807, 2.05) is 24.1 Å². The van der Waals surface area contributed by atoms with E-state index < -0.39 is 5.97 Å². The summed E-state index contributed by atoms with van der Waals surface area (Å²) in [6.45, 7) is 1.19. The molecule has 112 valence electrons. The Morgan fingerprint density at radius 3 is 2.86 bits per heavy atom. The minimum absolute atomic E-state index is 0.0868. The van der Waals surface area contributed by atoms with Gasteiger partial charge in [0.15, 0.2) is 5.69 Å².